The van der Waals surface area contributed by atoms with Crippen LogP contribution in [-0.4, -0.2) is 15.0 Å². The van der Waals surface area contributed by atoms with Crippen molar-refractivity contribution in [1.82, 2.24) is 15.0 Å². The molecule has 2 N–H and O–H groups in total. The first-order chi connectivity index (χ1) is 8.60. The zero-order valence-corrected chi connectivity index (χ0v) is 9.82. The smallest absolute Gasteiger partial charge is 0.223 e. The van der Waals surface area contributed by atoms with Crippen molar-refractivity contribution in [3.63, 3.8) is 0 Å². The van der Waals surface area contributed by atoms with E-state index < -0.39 is 11.6 Å². The van der Waals surface area contributed by atoms with Crippen molar-refractivity contribution in [2.75, 3.05) is 5.73 Å². The van der Waals surface area contributed by atoms with E-state index in [1.54, 1.807) is 0 Å². The van der Waals surface area contributed by atoms with E-state index in [1.807, 2.05) is 6.92 Å². The van der Waals surface area contributed by atoms with E-state index in [2.05, 4.69) is 15.0 Å². The summed E-state index contributed by atoms with van der Waals surface area (Å²) in [5, 5.41) is 0. The van der Waals surface area contributed by atoms with Crippen molar-refractivity contribution in [2.45, 2.75) is 19.8 Å². The molecule has 94 valence electrons. The van der Waals surface area contributed by atoms with E-state index in [4.69, 9.17) is 5.73 Å². The molecular formula is C12H12F2N4. The molecule has 1 aromatic heterocycles. The van der Waals surface area contributed by atoms with Gasteiger partial charge in [-0.3, -0.25) is 0 Å². The summed E-state index contributed by atoms with van der Waals surface area (Å²) in [6, 6.07) is 3.48. The molecule has 0 aliphatic carbocycles. The number of aryl methyl sites for hydroxylation is 1. The summed E-state index contributed by atoms with van der Waals surface area (Å²) >= 11 is 0. The first-order valence-electron chi connectivity index (χ1n) is 5.56. The number of hydrogen-bond acceptors (Lipinski definition) is 4. The van der Waals surface area contributed by atoms with Gasteiger partial charge in [-0.2, -0.15) is 9.97 Å². The number of benzene rings is 1. The van der Waals surface area contributed by atoms with E-state index >= 15 is 0 Å². The molecular weight excluding hydrogens is 238 g/mol. The number of nitrogens with two attached hydrogens (primary N) is 1. The Bertz CT molecular complexity index is 572. The average Bonchev–Trinajstić information content (AvgIpc) is 2.32. The van der Waals surface area contributed by atoms with Gasteiger partial charge in [-0.15, -0.1) is 0 Å². The summed E-state index contributed by atoms with van der Waals surface area (Å²) in [6.07, 6.45) is 1.52. The van der Waals surface area contributed by atoms with Crippen LogP contribution in [0.1, 0.15) is 19.2 Å². The quantitative estimate of drug-likeness (QED) is 0.908. The van der Waals surface area contributed by atoms with E-state index in [1.165, 1.54) is 6.07 Å². The second kappa shape index (κ2) is 5.03. The number of rotatable bonds is 3. The Morgan fingerprint density at radius 1 is 1.11 bits per heavy atom. The van der Waals surface area contributed by atoms with Crippen LogP contribution in [0.2, 0.25) is 0 Å². The number of hydrogen-bond donors (Lipinski definition) is 1. The van der Waals surface area contributed by atoms with Crippen LogP contribution in [0.25, 0.3) is 11.4 Å². The highest BCUT2D eigenvalue weighted by atomic mass is 19.2. The van der Waals surface area contributed by atoms with E-state index in [0.717, 1.165) is 18.6 Å². The Morgan fingerprint density at radius 2 is 1.89 bits per heavy atom. The number of halogens is 2. The Balaban J connectivity index is 2.46. The van der Waals surface area contributed by atoms with Crippen LogP contribution in [0.15, 0.2) is 18.2 Å². The lowest BCUT2D eigenvalue weighted by Gasteiger charge is -2.04. The Hall–Kier alpha value is -2.11. The fraction of sp³-hybridized carbons (Fsp3) is 0.250. The molecule has 1 aromatic carbocycles. The lowest BCUT2D eigenvalue weighted by molar-refractivity contribution is 0.509. The average molecular weight is 250 g/mol. The molecule has 0 spiro atoms. The summed E-state index contributed by atoms with van der Waals surface area (Å²) in [6.45, 7) is 1.98. The van der Waals surface area contributed by atoms with Crippen LogP contribution in [0.4, 0.5) is 14.7 Å². The lowest BCUT2D eigenvalue weighted by atomic mass is 10.2. The van der Waals surface area contributed by atoms with Gasteiger partial charge in [0.1, 0.15) is 5.82 Å². The molecule has 1 heterocycles. The molecule has 0 amide bonds. The van der Waals surface area contributed by atoms with Crippen LogP contribution in [0, 0.1) is 11.6 Å². The van der Waals surface area contributed by atoms with E-state index in [0.29, 0.717) is 17.8 Å². The maximum atomic E-state index is 13.1. The van der Waals surface area contributed by atoms with Gasteiger partial charge in [0.05, 0.1) is 0 Å². The zero-order chi connectivity index (χ0) is 13.1. The first kappa shape index (κ1) is 12.3. The first-order valence-corrected chi connectivity index (χ1v) is 5.56. The van der Waals surface area contributed by atoms with Crippen LogP contribution in [0.5, 0.6) is 0 Å². The molecule has 0 radical (unpaired) electrons. The molecule has 4 nitrogen and oxygen atoms in total. The molecule has 0 unspecified atom stereocenters. The maximum Gasteiger partial charge on any atom is 0.223 e. The molecule has 0 fully saturated rings. The summed E-state index contributed by atoms with van der Waals surface area (Å²) in [7, 11) is 0. The van der Waals surface area contributed by atoms with Gasteiger partial charge in [0, 0.05) is 12.0 Å². The molecule has 2 rings (SSSR count). The maximum absolute atomic E-state index is 13.1. The highest BCUT2D eigenvalue weighted by Gasteiger charge is 2.09. The van der Waals surface area contributed by atoms with Gasteiger partial charge in [0.25, 0.3) is 0 Å². The van der Waals surface area contributed by atoms with Crippen LogP contribution in [-0.2, 0) is 6.42 Å². The fourth-order valence-corrected chi connectivity index (χ4v) is 1.54. The third-order valence-electron chi connectivity index (χ3n) is 2.35. The molecule has 0 aliphatic rings. The summed E-state index contributed by atoms with van der Waals surface area (Å²) in [5.41, 5.74) is 5.94. The van der Waals surface area contributed by atoms with Crippen LogP contribution in [0.3, 0.4) is 0 Å². The number of nitrogen functional groups attached to an aromatic ring is 1. The third kappa shape index (κ3) is 2.58. The standard InChI is InChI=1S/C12H12F2N4/c1-2-3-10-16-11(18-12(15)17-10)7-4-5-8(13)9(14)6-7/h4-6H,2-3H2,1H3,(H2,15,16,17,18). The normalized spacial score (nSPS) is 10.6. The van der Waals surface area contributed by atoms with Crippen molar-refractivity contribution in [1.29, 1.82) is 0 Å². The second-order valence-corrected chi connectivity index (χ2v) is 3.81. The van der Waals surface area contributed by atoms with Crippen LogP contribution < -0.4 is 5.73 Å². The predicted molar refractivity (Wildman–Crippen MR) is 63.6 cm³/mol. The van der Waals surface area contributed by atoms with Crippen LogP contribution >= 0.6 is 0 Å². The highest BCUT2D eigenvalue weighted by Crippen LogP contribution is 2.18. The third-order valence-corrected chi connectivity index (χ3v) is 2.35. The second-order valence-electron chi connectivity index (χ2n) is 3.81. The zero-order valence-electron chi connectivity index (χ0n) is 9.82. The summed E-state index contributed by atoms with van der Waals surface area (Å²) in [5.74, 6) is -0.971. The molecule has 0 atom stereocenters. The van der Waals surface area contributed by atoms with Gasteiger partial charge in [0.2, 0.25) is 5.95 Å². The summed E-state index contributed by atoms with van der Waals surface area (Å²) < 4.78 is 26.0. The fourth-order valence-electron chi connectivity index (χ4n) is 1.54. The van der Waals surface area contributed by atoms with Gasteiger partial charge in [-0.25, -0.2) is 13.8 Å². The van der Waals surface area contributed by atoms with Gasteiger partial charge in [0.15, 0.2) is 17.5 Å². The van der Waals surface area contributed by atoms with Crippen molar-refractivity contribution >= 4 is 5.95 Å². The van der Waals surface area contributed by atoms with Gasteiger partial charge < -0.3 is 5.73 Å². The largest absolute Gasteiger partial charge is 0.368 e. The molecule has 0 bridgehead atoms. The Morgan fingerprint density at radius 3 is 2.56 bits per heavy atom. The number of nitrogens with zero attached hydrogens (tertiary/aromatic N) is 3. The minimum Gasteiger partial charge on any atom is -0.368 e. The summed E-state index contributed by atoms with van der Waals surface area (Å²) in [4.78, 5) is 12.1. The Kier molecular flexibility index (Phi) is 3.45. The minimum atomic E-state index is -0.941. The molecule has 0 saturated carbocycles. The topological polar surface area (TPSA) is 64.7 Å². The molecule has 0 aliphatic heterocycles. The van der Waals surface area contributed by atoms with Crippen molar-refractivity contribution in [2.24, 2.45) is 0 Å². The number of anilines is 1. The highest BCUT2D eigenvalue weighted by molar-refractivity contribution is 5.55. The SMILES string of the molecule is CCCc1nc(N)nc(-c2ccc(F)c(F)c2)n1. The van der Waals surface area contributed by atoms with Gasteiger partial charge in [-0.05, 0) is 24.6 Å². The number of aromatic nitrogens is 3. The monoisotopic (exact) mass is 250 g/mol. The van der Waals surface area contributed by atoms with Crippen molar-refractivity contribution in [3.05, 3.63) is 35.7 Å². The molecule has 18 heavy (non-hydrogen) atoms. The van der Waals surface area contributed by atoms with E-state index in [-0.39, 0.29) is 11.8 Å². The van der Waals surface area contributed by atoms with Crippen molar-refractivity contribution < 1.29 is 8.78 Å². The molecule has 0 saturated heterocycles. The predicted octanol–water partition coefficient (Wildman–Crippen LogP) is 2.35. The minimum absolute atomic E-state index is 0.0770. The van der Waals surface area contributed by atoms with Gasteiger partial charge >= 0.3 is 0 Å². The van der Waals surface area contributed by atoms with Crippen molar-refractivity contribution in [3.8, 4) is 11.4 Å². The van der Waals surface area contributed by atoms with Gasteiger partial charge in [-0.1, -0.05) is 6.92 Å². The van der Waals surface area contributed by atoms with E-state index in [9.17, 15) is 8.78 Å². The molecule has 2 aromatic rings. The molecule has 6 heteroatoms. The Labute approximate surface area is 103 Å². The lowest BCUT2D eigenvalue weighted by Crippen LogP contribution is -2.05.